The highest BCUT2D eigenvalue weighted by Crippen LogP contribution is 2.25. The molecule has 0 radical (unpaired) electrons. The van der Waals surface area contributed by atoms with E-state index < -0.39 is 0 Å². The third kappa shape index (κ3) is 3.72. The Morgan fingerprint density at radius 2 is 2.32 bits per heavy atom. The molecular weight excluding hydrogens is 285 g/mol. The summed E-state index contributed by atoms with van der Waals surface area (Å²) < 4.78 is 22.1. The van der Waals surface area contributed by atoms with Crippen molar-refractivity contribution >= 4 is 23.3 Å². The zero-order valence-corrected chi connectivity index (χ0v) is 12.1. The average Bonchev–Trinajstić information content (AvgIpc) is 2.91. The maximum absolute atomic E-state index is 13.8. The van der Waals surface area contributed by atoms with Crippen molar-refractivity contribution in [2.24, 2.45) is 0 Å². The van der Waals surface area contributed by atoms with Gasteiger partial charge in [0.25, 0.3) is 0 Å². The lowest BCUT2D eigenvalue weighted by atomic mass is 10.0. The van der Waals surface area contributed by atoms with E-state index in [2.05, 4.69) is 21.0 Å². The second kappa shape index (κ2) is 6.93. The molecule has 0 spiro atoms. The number of nitrogens with zero attached hydrogens (tertiary/aromatic N) is 2. The number of hydrogen-bond donors (Lipinski definition) is 1. The van der Waals surface area contributed by atoms with Crippen LogP contribution >= 0.6 is 23.3 Å². The van der Waals surface area contributed by atoms with Gasteiger partial charge in [-0.05, 0) is 31.5 Å². The summed E-state index contributed by atoms with van der Waals surface area (Å²) in [5, 5.41) is 3.80. The van der Waals surface area contributed by atoms with Gasteiger partial charge in [-0.3, -0.25) is 0 Å². The summed E-state index contributed by atoms with van der Waals surface area (Å²) in [6.45, 7) is 2.92. The smallest absolute Gasteiger partial charge is 0.127 e. The van der Waals surface area contributed by atoms with Crippen molar-refractivity contribution in [3.8, 4) is 0 Å². The predicted molar refractivity (Wildman–Crippen MR) is 76.1 cm³/mol. The minimum absolute atomic E-state index is 0.0619. The number of nitrogens with one attached hydrogen (secondary N) is 1. The molecule has 0 saturated carbocycles. The molecule has 0 amide bonds. The highest BCUT2D eigenvalue weighted by Gasteiger charge is 2.18. The van der Waals surface area contributed by atoms with Gasteiger partial charge in [-0.15, -0.1) is 0 Å². The molecule has 0 aliphatic heterocycles. The molecule has 102 valence electrons. The van der Waals surface area contributed by atoms with Crippen LogP contribution in [0.2, 0.25) is 5.02 Å². The quantitative estimate of drug-likeness (QED) is 0.885. The van der Waals surface area contributed by atoms with Crippen molar-refractivity contribution in [1.29, 1.82) is 0 Å². The van der Waals surface area contributed by atoms with Gasteiger partial charge in [-0.1, -0.05) is 24.6 Å². The average molecular weight is 300 g/mol. The lowest BCUT2D eigenvalue weighted by molar-refractivity contribution is 0.506. The highest BCUT2D eigenvalue weighted by molar-refractivity contribution is 6.99. The van der Waals surface area contributed by atoms with E-state index in [9.17, 15) is 4.39 Å². The maximum atomic E-state index is 13.8. The monoisotopic (exact) mass is 299 g/mol. The van der Waals surface area contributed by atoms with Gasteiger partial charge in [0.1, 0.15) is 5.82 Å². The lowest BCUT2D eigenvalue weighted by Gasteiger charge is -2.17. The number of hydrogen-bond acceptors (Lipinski definition) is 4. The Bertz CT molecular complexity index is 498. The SMILES string of the molecule is CCCNC(Cc1c(F)cccc1Cl)c1cnsn1. The van der Waals surface area contributed by atoms with E-state index in [1.54, 1.807) is 18.3 Å². The van der Waals surface area contributed by atoms with Crippen LogP contribution in [0.15, 0.2) is 24.4 Å². The molecule has 2 aromatic rings. The summed E-state index contributed by atoms with van der Waals surface area (Å²) in [6, 6.07) is 4.68. The maximum Gasteiger partial charge on any atom is 0.127 e. The molecule has 2 rings (SSSR count). The van der Waals surface area contributed by atoms with Crippen LogP contribution in [0.4, 0.5) is 4.39 Å². The van der Waals surface area contributed by atoms with Gasteiger partial charge >= 0.3 is 0 Å². The molecule has 19 heavy (non-hydrogen) atoms. The van der Waals surface area contributed by atoms with Crippen molar-refractivity contribution < 1.29 is 4.39 Å². The number of aromatic nitrogens is 2. The van der Waals surface area contributed by atoms with Crippen molar-refractivity contribution in [2.75, 3.05) is 6.54 Å². The van der Waals surface area contributed by atoms with Gasteiger partial charge in [0.15, 0.2) is 0 Å². The topological polar surface area (TPSA) is 37.8 Å². The van der Waals surface area contributed by atoms with Gasteiger partial charge in [-0.25, -0.2) is 4.39 Å². The fourth-order valence-corrected chi connectivity index (χ4v) is 2.57. The van der Waals surface area contributed by atoms with Gasteiger partial charge in [0.2, 0.25) is 0 Å². The molecule has 1 unspecified atom stereocenters. The first-order chi connectivity index (χ1) is 9.22. The largest absolute Gasteiger partial charge is 0.308 e. The van der Waals surface area contributed by atoms with E-state index in [-0.39, 0.29) is 11.9 Å². The van der Waals surface area contributed by atoms with E-state index in [0.717, 1.165) is 30.4 Å². The Morgan fingerprint density at radius 1 is 1.47 bits per heavy atom. The minimum atomic E-state index is -0.279. The summed E-state index contributed by atoms with van der Waals surface area (Å²) in [5.74, 6) is -0.279. The second-order valence-electron chi connectivity index (χ2n) is 4.24. The Labute approximate surface area is 121 Å². The third-order valence-electron chi connectivity index (χ3n) is 2.85. The van der Waals surface area contributed by atoms with Crippen LogP contribution in [0.1, 0.15) is 30.6 Å². The van der Waals surface area contributed by atoms with E-state index in [1.165, 1.54) is 6.07 Å². The van der Waals surface area contributed by atoms with E-state index >= 15 is 0 Å². The Balaban J connectivity index is 2.20. The first kappa shape index (κ1) is 14.4. The molecule has 0 fully saturated rings. The van der Waals surface area contributed by atoms with Crippen LogP contribution in [0.3, 0.4) is 0 Å². The Kier molecular flexibility index (Phi) is 5.24. The van der Waals surface area contributed by atoms with E-state index in [0.29, 0.717) is 17.0 Å². The fraction of sp³-hybridized carbons (Fsp3) is 0.385. The molecule has 1 N–H and O–H groups in total. The van der Waals surface area contributed by atoms with Crippen LogP contribution < -0.4 is 5.32 Å². The Morgan fingerprint density at radius 3 is 2.95 bits per heavy atom. The number of rotatable bonds is 6. The van der Waals surface area contributed by atoms with Crippen LogP contribution in [0, 0.1) is 5.82 Å². The first-order valence-corrected chi connectivity index (χ1v) is 7.27. The van der Waals surface area contributed by atoms with Gasteiger partial charge in [-0.2, -0.15) is 8.75 Å². The summed E-state index contributed by atoms with van der Waals surface area (Å²) in [6.07, 6.45) is 3.18. The lowest BCUT2D eigenvalue weighted by Crippen LogP contribution is -2.24. The first-order valence-electron chi connectivity index (χ1n) is 6.16. The minimum Gasteiger partial charge on any atom is -0.308 e. The molecule has 0 aliphatic rings. The van der Waals surface area contributed by atoms with E-state index in [1.807, 2.05) is 0 Å². The molecule has 1 atom stereocenters. The molecule has 0 aliphatic carbocycles. The molecule has 1 heterocycles. The summed E-state index contributed by atoms with van der Waals surface area (Å²) in [4.78, 5) is 0. The summed E-state index contributed by atoms with van der Waals surface area (Å²) in [7, 11) is 0. The summed E-state index contributed by atoms with van der Waals surface area (Å²) in [5.41, 5.74) is 1.35. The fourth-order valence-electron chi connectivity index (χ4n) is 1.86. The van der Waals surface area contributed by atoms with Crippen molar-refractivity contribution in [1.82, 2.24) is 14.1 Å². The van der Waals surface area contributed by atoms with Crippen LogP contribution in [0.5, 0.6) is 0 Å². The van der Waals surface area contributed by atoms with Crippen LogP contribution in [0.25, 0.3) is 0 Å². The number of halogens is 2. The summed E-state index contributed by atoms with van der Waals surface area (Å²) >= 11 is 7.22. The van der Waals surface area contributed by atoms with Gasteiger partial charge in [0.05, 0.1) is 29.7 Å². The van der Waals surface area contributed by atoms with Crippen molar-refractivity contribution in [3.63, 3.8) is 0 Å². The van der Waals surface area contributed by atoms with Crippen LogP contribution in [-0.4, -0.2) is 15.3 Å². The highest BCUT2D eigenvalue weighted by atomic mass is 35.5. The second-order valence-corrected chi connectivity index (χ2v) is 5.21. The normalized spacial score (nSPS) is 12.6. The third-order valence-corrected chi connectivity index (χ3v) is 3.69. The molecule has 1 aromatic carbocycles. The van der Waals surface area contributed by atoms with Crippen molar-refractivity contribution in [3.05, 3.63) is 46.5 Å². The molecule has 0 saturated heterocycles. The molecule has 6 heteroatoms. The standard InChI is InChI=1S/C13H15ClFN3S/c1-2-6-16-12(13-8-17-19-18-13)7-9-10(14)4-3-5-11(9)15/h3-5,8,12,16H,2,6-7H2,1H3. The molecular formula is C13H15ClFN3S. The zero-order valence-electron chi connectivity index (χ0n) is 10.6. The molecule has 3 nitrogen and oxygen atoms in total. The van der Waals surface area contributed by atoms with Gasteiger partial charge in [0, 0.05) is 10.6 Å². The zero-order chi connectivity index (χ0) is 13.7. The predicted octanol–water partition coefficient (Wildman–Crippen LogP) is 3.61. The van der Waals surface area contributed by atoms with Crippen molar-refractivity contribution in [2.45, 2.75) is 25.8 Å². The molecule has 1 aromatic heterocycles. The van der Waals surface area contributed by atoms with Crippen LogP contribution in [-0.2, 0) is 6.42 Å². The van der Waals surface area contributed by atoms with Gasteiger partial charge < -0.3 is 5.32 Å². The molecule has 0 bridgehead atoms. The van der Waals surface area contributed by atoms with E-state index in [4.69, 9.17) is 11.6 Å². The Hall–Kier alpha value is -1.04. The number of benzene rings is 1.